The topological polar surface area (TPSA) is 20.2 Å². The second kappa shape index (κ2) is 7.64. The van der Waals surface area contributed by atoms with Crippen LogP contribution in [0.25, 0.3) is 0 Å². The van der Waals surface area contributed by atoms with Gasteiger partial charge in [0.25, 0.3) is 0 Å². The van der Waals surface area contributed by atoms with Crippen molar-refractivity contribution in [2.45, 2.75) is 51.6 Å². The highest BCUT2D eigenvalue weighted by Crippen LogP contribution is 2.27. The van der Waals surface area contributed by atoms with Crippen LogP contribution in [0, 0.1) is 0 Å². The van der Waals surface area contributed by atoms with Gasteiger partial charge in [-0.3, -0.25) is 0 Å². The largest absolute Gasteiger partial charge is 0.388 e. The second-order valence-electron chi connectivity index (χ2n) is 4.10. The van der Waals surface area contributed by atoms with Crippen LogP contribution >= 0.6 is 11.3 Å². The standard InChI is InChI=1S/C14H22OS/c1-3-5-6-7-8-9-13(15)14-11-10-12(4-2)16-14/h3,10-11,13,15H,1,4-9H2,2H3. The van der Waals surface area contributed by atoms with Crippen LogP contribution in [0.3, 0.4) is 0 Å². The lowest BCUT2D eigenvalue weighted by molar-refractivity contribution is 0.167. The van der Waals surface area contributed by atoms with Crippen molar-refractivity contribution < 1.29 is 5.11 Å². The number of aliphatic hydroxyl groups is 1. The van der Waals surface area contributed by atoms with Gasteiger partial charge in [-0.2, -0.15) is 0 Å². The lowest BCUT2D eigenvalue weighted by Gasteiger charge is -2.07. The molecule has 1 rings (SSSR count). The predicted octanol–water partition coefficient (Wildman–Crippen LogP) is 4.48. The van der Waals surface area contributed by atoms with E-state index in [0.717, 1.165) is 30.6 Å². The molecule has 90 valence electrons. The first kappa shape index (κ1) is 13.5. The Morgan fingerprint density at radius 3 is 2.81 bits per heavy atom. The first-order valence-electron chi connectivity index (χ1n) is 6.15. The van der Waals surface area contributed by atoms with Crippen LogP contribution in [0.4, 0.5) is 0 Å². The van der Waals surface area contributed by atoms with Crippen LogP contribution in [0.2, 0.25) is 0 Å². The maximum absolute atomic E-state index is 9.98. The van der Waals surface area contributed by atoms with E-state index in [1.54, 1.807) is 11.3 Å². The average Bonchev–Trinajstić information content (AvgIpc) is 2.77. The highest BCUT2D eigenvalue weighted by Gasteiger charge is 2.09. The lowest BCUT2D eigenvalue weighted by Crippen LogP contribution is -1.94. The summed E-state index contributed by atoms with van der Waals surface area (Å²) in [5.41, 5.74) is 0. The van der Waals surface area contributed by atoms with E-state index in [0.29, 0.717) is 0 Å². The molecule has 1 heterocycles. The Bertz CT molecular complexity index is 303. The molecule has 0 bridgehead atoms. The lowest BCUT2D eigenvalue weighted by atomic mass is 10.1. The zero-order chi connectivity index (χ0) is 11.8. The van der Waals surface area contributed by atoms with Crippen molar-refractivity contribution in [1.29, 1.82) is 0 Å². The van der Waals surface area contributed by atoms with E-state index >= 15 is 0 Å². The van der Waals surface area contributed by atoms with Crippen LogP contribution in [-0.2, 0) is 6.42 Å². The van der Waals surface area contributed by atoms with Gasteiger partial charge in [0.05, 0.1) is 6.10 Å². The minimum absolute atomic E-state index is 0.256. The van der Waals surface area contributed by atoms with Crippen molar-refractivity contribution in [3.8, 4) is 0 Å². The van der Waals surface area contributed by atoms with Gasteiger partial charge in [0.2, 0.25) is 0 Å². The Kier molecular flexibility index (Phi) is 6.43. The third-order valence-electron chi connectivity index (χ3n) is 2.75. The quantitative estimate of drug-likeness (QED) is 0.523. The van der Waals surface area contributed by atoms with Gasteiger partial charge in [-0.15, -0.1) is 17.9 Å². The minimum atomic E-state index is -0.256. The fourth-order valence-corrected chi connectivity index (χ4v) is 2.68. The molecule has 0 aliphatic rings. The zero-order valence-electron chi connectivity index (χ0n) is 10.1. The number of thiophene rings is 1. The molecule has 0 spiro atoms. The summed E-state index contributed by atoms with van der Waals surface area (Å²) in [6.07, 6.45) is 8.24. The molecular weight excluding hydrogens is 216 g/mol. The van der Waals surface area contributed by atoms with Gasteiger partial charge in [-0.25, -0.2) is 0 Å². The number of allylic oxidation sites excluding steroid dienone is 1. The smallest absolute Gasteiger partial charge is 0.0882 e. The van der Waals surface area contributed by atoms with E-state index in [4.69, 9.17) is 0 Å². The van der Waals surface area contributed by atoms with Crippen molar-refractivity contribution in [2.24, 2.45) is 0 Å². The van der Waals surface area contributed by atoms with Gasteiger partial charge in [-0.1, -0.05) is 25.8 Å². The first-order valence-corrected chi connectivity index (χ1v) is 6.97. The molecule has 16 heavy (non-hydrogen) atoms. The summed E-state index contributed by atoms with van der Waals surface area (Å²) in [5, 5.41) is 9.98. The molecule has 0 amide bonds. The summed E-state index contributed by atoms with van der Waals surface area (Å²) in [4.78, 5) is 2.49. The number of aliphatic hydroxyl groups excluding tert-OH is 1. The van der Waals surface area contributed by atoms with Crippen LogP contribution in [0.5, 0.6) is 0 Å². The Balaban J connectivity index is 2.23. The average molecular weight is 238 g/mol. The molecule has 1 aromatic heterocycles. The number of aryl methyl sites for hydroxylation is 1. The molecule has 0 radical (unpaired) electrons. The van der Waals surface area contributed by atoms with Crippen molar-refractivity contribution in [1.82, 2.24) is 0 Å². The molecule has 0 aliphatic carbocycles. The highest BCUT2D eigenvalue weighted by molar-refractivity contribution is 7.12. The summed E-state index contributed by atoms with van der Waals surface area (Å²) >= 11 is 1.74. The maximum atomic E-state index is 9.98. The number of hydrogen-bond acceptors (Lipinski definition) is 2. The monoisotopic (exact) mass is 238 g/mol. The molecule has 1 unspecified atom stereocenters. The summed E-state index contributed by atoms with van der Waals surface area (Å²) in [6.45, 7) is 5.86. The van der Waals surface area contributed by atoms with Crippen molar-refractivity contribution >= 4 is 11.3 Å². The third-order valence-corrected chi connectivity index (χ3v) is 4.08. The SMILES string of the molecule is C=CCCCCCC(O)c1ccc(CC)s1. The van der Waals surface area contributed by atoms with Gasteiger partial charge < -0.3 is 5.11 Å². The third kappa shape index (κ3) is 4.50. The van der Waals surface area contributed by atoms with E-state index < -0.39 is 0 Å². The molecular formula is C14H22OS. The summed E-state index contributed by atoms with van der Waals surface area (Å²) < 4.78 is 0. The number of unbranched alkanes of at least 4 members (excludes halogenated alkanes) is 3. The predicted molar refractivity (Wildman–Crippen MR) is 71.9 cm³/mol. The van der Waals surface area contributed by atoms with E-state index in [9.17, 15) is 5.11 Å². The van der Waals surface area contributed by atoms with Crippen molar-refractivity contribution in [2.75, 3.05) is 0 Å². The fourth-order valence-electron chi connectivity index (χ4n) is 1.71. The normalized spacial score (nSPS) is 12.6. The minimum Gasteiger partial charge on any atom is -0.388 e. The molecule has 0 saturated heterocycles. The Morgan fingerprint density at radius 2 is 2.19 bits per heavy atom. The summed E-state index contributed by atoms with van der Waals surface area (Å²) in [7, 11) is 0. The zero-order valence-corrected chi connectivity index (χ0v) is 10.9. The van der Waals surface area contributed by atoms with Gasteiger partial charge in [0.15, 0.2) is 0 Å². The van der Waals surface area contributed by atoms with Gasteiger partial charge in [-0.05, 0) is 37.8 Å². The van der Waals surface area contributed by atoms with E-state index in [2.05, 4.69) is 25.6 Å². The maximum Gasteiger partial charge on any atom is 0.0882 e. The van der Waals surface area contributed by atoms with E-state index in [1.165, 1.54) is 17.7 Å². The second-order valence-corrected chi connectivity index (χ2v) is 5.30. The van der Waals surface area contributed by atoms with Crippen LogP contribution in [0.1, 0.15) is 54.9 Å². The molecule has 2 heteroatoms. The Morgan fingerprint density at radius 1 is 1.38 bits per heavy atom. The van der Waals surface area contributed by atoms with Crippen LogP contribution in [-0.4, -0.2) is 5.11 Å². The number of hydrogen-bond donors (Lipinski definition) is 1. The Labute approximate surface area is 103 Å². The highest BCUT2D eigenvalue weighted by atomic mass is 32.1. The van der Waals surface area contributed by atoms with Gasteiger partial charge in [0, 0.05) is 9.75 Å². The Hall–Kier alpha value is -0.600. The molecule has 1 nitrogen and oxygen atoms in total. The number of rotatable bonds is 8. The molecule has 0 aliphatic heterocycles. The van der Waals surface area contributed by atoms with Crippen LogP contribution < -0.4 is 0 Å². The van der Waals surface area contributed by atoms with Crippen molar-refractivity contribution in [3.63, 3.8) is 0 Å². The molecule has 1 atom stereocenters. The van der Waals surface area contributed by atoms with E-state index in [-0.39, 0.29) is 6.10 Å². The van der Waals surface area contributed by atoms with Crippen molar-refractivity contribution in [3.05, 3.63) is 34.5 Å². The first-order chi connectivity index (χ1) is 7.77. The van der Waals surface area contributed by atoms with E-state index in [1.807, 2.05) is 6.08 Å². The molecule has 1 aromatic rings. The summed E-state index contributed by atoms with van der Waals surface area (Å²) in [5.74, 6) is 0. The molecule has 0 aromatic carbocycles. The van der Waals surface area contributed by atoms with Gasteiger partial charge in [0.1, 0.15) is 0 Å². The summed E-state index contributed by atoms with van der Waals surface area (Å²) in [6, 6.07) is 4.19. The fraction of sp³-hybridized carbons (Fsp3) is 0.571. The molecule has 1 N–H and O–H groups in total. The molecule has 0 saturated carbocycles. The van der Waals surface area contributed by atoms with Crippen LogP contribution in [0.15, 0.2) is 24.8 Å². The molecule has 0 fully saturated rings. The van der Waals surface area contributed by atoms with Gasteiger partial charge >= 0.3 is 0 Å².